The highest BCUT2D eigenvalue weighted by Crippen LogP contribution is 2.40. The normalized spacial score (nSPS) is 12.4. The molecule has 0 aliphatic rings. The van der Waals surface area contributed by atoms with Crippen LogP contribution in [0.2, 0.25) is 0 Å². The number of amides is 2. The number of thiazole rings is 2. The van der Waals surface area contributed by atoms with Crippen LogP contribution in [0, 0.1) is 0 Å². The third-order valence-corrected chi connectivity index (χ3v) is 7.82. The van der Waals surface area contributed by atoms with Crippen LogP contribution in [0.1, 0.15) is 63.4 Å². The molecule has 0 atom stereocenters. The fourth-order valence-corrected chi connectivity index (χ4v) is 5.02. The van der Waals surface area contributed by atoms with E-state index in [-0.39, 0.29) is 22.6 Å². The molecule has 0 aliphatic heterocycles. The van der Waals surface area contributed by atoms with Crippen LogP contribution in [0.4, 0.5) is 0 Å². The Balaban J connectivity index is 2.13. The fraction of sp³-hybridized carbons (Fsp3) is 0.700. The van der Waals surface area contributed by atoms with E-state index < -0.39 is 0 Å². The van der Waals surface area contributed by atoms with E-state index in [2.05, 4.69) is 27.7 Å². The SMILES string of the molecule is CN(C)C(=O)CCC(C)(C)c1nc2sc(C(C)(C)CCC(=O)N(C)C)nc2s1. The second-order valence-electron chi connectivity index (χ2n) is 8.99. The van der Waals surface area contributed by atoms with Crippen molar-refractivity contribution in [2.24, 2.45) is 0 Å². The summed E-state index contributed by atoms with van der Waals surface area (Å²) in [6.07, 6.45) is 2.54. The fourth-order valence-electron chi connectivity index (χ4n) is 2.72. The van der Waals surface area contributed by atoms with Gasteiger partial charge in [0.2, 0.25) is 11.8 Å². The zero-order valence-electron chi connectivity index (χ0n) is 18.3. The van der Waals surface area contributed by atoms with Crippen molar-refractivity contribution in [3.05, 3.63) is 10.0 Å². The molecule has 0 aliphatic carbocycles. The first kappa shape index (κ1) is 22.7. The molecule has 0 N–H and O–H groups in total. The van der Waals surface area contributed by atoms with E-state index in [4.69, 9.17) is 9.97 Å². The van der Waals surface area contributed by atoms with Crippen molar-refractivity contribution >= 4 is 44.1 Å². The van der Waals surface area contributed by atoms with Crippen LogP contribution in [-0.2, 0) is 20.4 Å². The van der Waals surface area contributed by atoms with Crippen LogP contribution in [-0.4, -0.2) is 59.8 Å². The van der Waals surface area contributed by atoms with Gasteiger partial charge >= 0.3 is 0 Å². The Bertz CT molecular complexity index is 753. The highest BCUT2D eigenvalue weighted by Gasteiger charge is 2.30. The van der Waals surface area contributed by atoms with Crippen molar-refractivity contribution in [3.8, 4) is 0 Å². The van der Waals surface area contributed by atoms with Gasteiger partial charge in [-0.1, -0.05) is 50.4 Å². The molecule has 2 amide bonds. The summed E-state index contributed by atoms with van der Waals surface area (Å²) in [5.41, 5.74) is -0.324. The van der Waals surface area contributed by atoms with E-state index in [1.807, 2.05) is 0 Å². The van der Waals surface area contributed by atoms with E-state index in [1.165, 1.54) is 0 Å². The number of carbonyl (C=O) groups excluding carboxylic acids is 2. The lowest BCUT2D eigenvalue weighted by Crippen LogP contribution is -2.25. The summed E-state index contributed by atoms with van der Waals surface area (Å²) in [6.45, 7) is 8.54. The second-order valence-corrected chi connectivity index (χ2v) is 10.9. The third kappa shape index (κ3) is 5.29. The zero-order chi connectivity index (χ0) is 21.3. The Labute approximate surface area is 176 Å². The summed E-state index contributed by atoms with van der Waals surface area (Å²) >= 11 is 3.24. The minimum atomic E-state index is -0.162. The molecular formula is C20H32N4O2S2. The number of carbonyl (C=O) groups is 2. The van der Waals surface area contributed by atoms with Gasteiger partial charge in [0.05, 0.1) is 0 Å². The van der Waals surface area contributed by atoms with E-state index in [1.54, 1.807) is 60.7 Å². The van der Waals surface area contributed by atoms with Crippen LogP contribution in [0.5, 0.6) is 0 Å². The van der Waals surface area contributed by atoms with E-state index >= 15 is 0 Å². The average Bonchev–Trinajstić information content (AvgIpc) is 3.17. The molecule has 6 nitrogen and oxygen atoms in total. The van der Waals surface area contributed by atoms with Gasteiger partial charge < -0.3 is 9.80 Å². The van der Waals surface area contributed by atoms with E-state index in [9.17, 15) is 9.59 Å². The first-order valence-corrected chi connectivity index (χ1v) is 11.2. The molecule has 0 radical (unpaired) electrons. The van der Waals surface area contributed by atoms with Gasteiger partial charge in [0.1, 0.15) is 10.0 Å². The van der Waals surface area contributed by atoms with Gasteiger partial charge in [-0.25, -0.2) is 9.97 Å². The van der Waals surface area contributed by atoms with Crippen molar-refractivity contribution in [2.75, 3.05) is 28.2 Å². The highest BCUT2D eigenvalue weighted by molar-refractivity contribution is 7.26. The van der Waals surface area contributed by atoms with E-state index in [0.717, 1.165) is 32.5 Å². The summed E-state index contributed by atoms with van der Waals surface area (Å²) in [4.78, 5) is 38.7. The number of hydrogen-bond donors (Lipinski definition) is 0. The number of aromatic nitrogens is 2. The zero-order valence-corrected chi connectivity index (χ0v) is 19.9. The molecule has 0 unspecified atom stereocenters. The molecule has 2 aromatic rings. The minimum absolute atomic E-state index is 0.140. The van der Waals surface area contributed by atoms with Crippen molar-refractivity contribution in [1.29, 1.82) is 0 Å². The predicted molar refractivity (Wildman–Crippen MR) is 117 cm³/mol. The molecule has 28 heavy (non-hydrogen) atoms. The maximum absolute atomic E-state index is 11.9. The maximum atomic E-state index is 11.9. The number of rotatable bonds is 8. The van der Waals surface area contributed by atoms with Gasteiger partial charge in [-0.3, -0.25) is 9.59 Å². The first-order valence-electron chi connectivity index (χ1n) is 9.52. The quantitative estimate of drug-likeness (QED) is 0.641. The lowest BCUT2D eigenvalue weighted by molar-refractivity contribution is -0.129. The Hall–Kier alpha value is -1.54. The minimum Gasteiger partial charge on any atom is -0.349 e. The molecule has 0 aromatic carbocycles. The average molecular weight is 425 g/mol. The van der Waals surface area contributed by atoms with Gasteiger partial charge in [0.15, 0.2) is 9.66 Å². The van der Waals surface area contributed by atoms with Gasteiger partial charge in [-0.15, -0.1) is 0 Å². The summed E-state index contributed by atoms with van der Waals surface area (Å²) in [5, 5.41) is 2.06. The Morgan fingerprint density at radius 1 is 0.750 bits per heavy atom. The second kappa shape index (κ2) is 8.45. The smallest absolute Gasteiger partial charge is 0.222 e. The van der Waals surface area contributed by atoms with Gasteiger partial charge in [0, 0.05) is 51.9 Å². The number of fused-ring (bicyclic) bond motifs is 1. The van der Waals surface area contributed by atoms with Crippen molar-refractivity contribution in [2.45, 2.75) is 64.2 Å². The van der Waals surface area contributed by atoms with Gasteiger partial charge in [0.25, 0.3) is 0 Å². The van der Waals surface area contributed by atoms with Crippen LogP contribution in [0.15, 0.2) is 0 Å². The molecule has 2 rings (SSSR count). The maximum Gasteiger partial charge on any atom is 0.222 e. The first-order chi connectivity index (χ1) is 12.8. The Kier molecular flexibility index (Phi) is 6.86. The molecule has 0 bridgehead atoms. The molecule has 0 spiro atoms. The summed E-state index contributed by atoms with van der Waals surface area (Å²) in [7, 11) is 7.14. The van der Waals surface area contributed by atoms with Crippen molar-refractivity contribution in [1.82, 2.24) is 19.8 Å². The molecule has 0 fully saturated rings. The van der Waals surface area contributed by atoms with Crippen molar-refractivity contribution in [3.63, 3.8) is 0 Å². The van der Waals surface area contributed by atoms with Crippen LogP contribution in [0.25, 0.3) is 9.66 Å². The summed E-state index contributed by atoms with van der Waals surface area (Å²) < 4.78 is 0. The standard InChI is InChI=1S/C20H32N4O2S2/c1-19(2,11-9-13(25)23(5)6)17-21-15-16(27-17)22-18(28-15)20(3,4)12-10-14(26)24(7)8/h9-12H2,1-8H3. The van der Waals surface area contributed by atoms with Gasteiger partial charge in [-0.05, 0) is 12.8 Å². The molecule has 0 saturated carbocycles. The Morgan fingerprint density at radius 2 is 1.07 bits per heavy atom. The number of hydrogen-bond acceptors (Lipinski definition) is 6. The van der Waals surface area contributed by atoms with Crippen LogP contribution in [0.3, 0.4) is 0 Å². The summed E-state index contributed by atoms with van der Waals surface area (Å²) in [5.74, 6) is 0.279. The Morgan fingerprint density at radius 3 is 1.36 bits per heavy atom. The van der Waals surface area contributed by atoms with Crippen molar-refractivity contribution < 1.29 is 9.59 Å². The highest BCUT2D eigenvalue weighted by atomic mass is 32.1. The lowest BCUT2D eigenvalue weighted by Gasteiger charge is -2.23. The van der Waals surface area contributed by atoms with Gasteiger partial charge in [-0.2, -0.15) is 0 Å². The molecule has 156 valence electrons. The van der Waals surface area contributed by atoms with Crippen LogP contribution < -0.4 is 0 Å². The topological polar surface area (TPSA) is 66.4 Å². The molecule has 8 heteroatoms. The third-order valence-electron chi connectivity index (χ3n) is 5.06. The largest absolute Gasteiger partial charge is 0.349 e. The number of nitrogens with zero attached hydrogens (tertiary/aromatic N) is 4. The molecule has 2 aromatic heterocycles. The van der Waals surface area contributed by atoms with E-state index in [0.29, 0.717) is 12.8 Å². The monoisotopic (exact) mass is 424 g/mol. The summed E-state index contributed by atoms with van der Waals surface area (Å²) in [6, 6.07) is 0. The predicted octanol–water partition coefficient (Wildman–Crippen LogP) is 4.04. The molecular weight excluding hydrogens is 392 g/mol. The van der Waals surface area contributed by atoms with Crippen LogP contribution >= 0.6 is 22.7 Å². The lowest BCUT2D eigenvalue weighted by atomic mass is 9.88. The molecule has 0 saturated heterocycles. The molecule has 2 heterocycles.